The number of hydrogen-bond donors (Lipinski definition) is 1. The lowest BCUT2D eigenvalue weighted by atomic mass is 9.99. The average molecular weight is 471 g/mol. The molecule has 2 aromatic carbocycles. The lowest BCUT2D eigenvalue weighted by Crippen LogP contribution is -2.45. The van der Waals surface area contributed by atoms with Crippen LogP contribution in [0.4, 0.5) is 0 Å². The van der Waals surface area contributed by atoms with Crippen LogP contribution in [0.25, 0.3) is 0 Å². The van der Waals surface area contributed by atoms with E-state index >= 15 is 0 Å². The summed E-state index contributed by atoms with van der Waals surface area (Å²) in [5.74, 6) is 0.0605. The van der Waals surface area contributed by atoms with Crippen LogP contribution < -0.4 is 10.1 Å². The number of piperidine rings is 1. The van der Waals surface area contributed by atoms with E-state index in [1.165, 1.54) is 4.31 Å². The molecule has 0 saturated carbocycles. The molecule has 1 aliphatic heterocycles. The summed E-state index contributed by atoms with van der Waals surface area (Å²) in [5.41, 5.74) is 1.51. The molecule has 162 valence electrons. The van der Waals surface area contributed by atoms with E-state index in [2.05, 4.69) is 5.32 Å². The Kier molecular flexibility index (Phi) is 7.63. The minimum absolute atomic E-state index is 0.139. The van der Waals surface area contributed by atoms with Crippen molar-refractivity contribution in [2.75, 3.05) is 20.2 Å². The molecule has 3 rings (SSSR count). The first kappa shape index (κ1) is 22.9. The molecular weight excluding hydrogens is 447 g/mol. The van der Waals surface area contributed by atoms with Gasteiger partial charge in [-0.15, -0.1) is 0 Å². The highest BCUT2D eigenvalue weighted by Gasteiger charge is 2.32. The SMILES string of the molecule is COc1ccc(CNC(=O)[C@@H]2CCCN(S(=O)(=O)Cc3ccc(Cl)c(Cl)c3)C2)cc1. The summed E-state index contributed by atoms with van der Waals surface area (Å²) in [6.45, 7) is 0.972. The summed E-state index contributed by atoms with van der Waals surface area (Å²) >= 11 is 11.9. The van der Waals surface area contributed by atoms with Crippen LogP contribution in [0.5, 0.6) is 5.75 Å². The van der Waals surface area contributed by atoms with E-state index < -0.39 is 10.0 Å². The van der Waals surface area contributed by atoms with Gasteiger partial charge in [-0.3, -0.25) is 4.79 Å². The van der Waals surface area contributed by atoms with Crippen molar-refractivity contribution >= 4 is 39.1 Å². The Labute approximate surface area is 187 Å². The van der Waals surface area contributed by atoms with Gasteiger partial charge in [-0.2, -0.15) is 0 Å². The first-order chi connectivity index (χ1) is 14.3. The molecule has 2 aromatic rings. The number of ether oxygens (including phenoxy) is 1. The zero-order chi connectivity index (χ0) is 21.7. The summed E-state index contributed by atoms with van der Waals surface area (Å²) in [6.07, 6.45) is 1.30. The van der Waals surface area contributed by atoms with Gasteiger partial charge in [-0.25, -0.2) is 12.7 Å². The highest BCUT2D eigenvalue weighted by molar-refractivity contribution is 7.88. The van der Waals surface area contributed by atoms with Crippen molar-refractivity contribution in [3.63, 3.8) is 0 Å². The van der Waals surface area contributed by atoms with Crippen LogP contribution in [0.3, 0.4) is 0 Å². The maximum absolute atomic E-state index is 12.9. The minimum Gasteiger partial charge on any atom is -0.497 e. The number of methoxy groups -OCH3 is 1. The molecule has 1 atom stereocenters. The first-order valence-corrected chi connectivity index (χ1v) is 12.0. The van der Waals surface area contributed by atoms with Crippen molar-refractivity contribution in [2.45, 2.75) is 25.1 Å². The molecule has 1 amide bonds. The van der Waals surface area contributed by atoms with E-state index in [9.17, 15) is 13.2 Å². The molecule has 1 N–H and O–H groups in total. The van der Waals surface area contributed by atoms with Crippen molar-refractivity contribution in [1.29, 1.82) is 0 Å². The number of rotatable bonds is 7. The zero-order valence-electron chi connectivity index (χ0n) is 16.6. The first-order valence-electron chi connectivity index (χ1n) is 9.61. The topological polar surface area (TPSA) is 75.7 Å². The Morgan fingerprint density at radius 2 is 1.83 bits per heavy atom. The average Bonchev–Trinajstić information content (AvgIpc) is 2.75. The number of halogens is 2. The van der Waals surface area contributed by atoms with E-state index in [1.54, 1.807) is 25.3 Å². The van der Waals surface area contributed by atoms with Crippen LogP contribution >= 0.6 is 23.2 Å². The Hall–Kier alpha value is -1.80. The van der Waals surface area contributed by atoms with Crippen LogP contribution in [0, 0.1) is 5.92 Å². The molecule has 30 heavy (non-hydrogen) atoms. The quantitative estimate of drug-likeness (QED) is 0.666. The molecule has 0 bridgehead atoms. The van der Waals surface area contributed by atoms with Crippen molar-refractivity contribution in [2.24, 2.45) is 5.92 Å². The van der Waals surface area contributed by atoms with Crippen molar-refractivity contribution in [1.82, 2.24) is 9.62 Å². The van der Waals surface area contributed by atoms with Gasteiger partial charge in [0.05, 0.1) is 28.8 Å². The minimum atomic E-state index is -3.57. The normalized spacial score (nSPS) is 17.5. The van der Waals surface area contributed by atoms with E-state index in [4.69, 9.17) is 27.9 Å². The third-order valence-electron chi connectivity index (χ3n) is 5.11. The maximum atomic E-state index is 12.9. The summed E-state index contributed by atoms with van der Waals surface area (Å²) < 4.78 is 32.3. The van der Waals surface area contributed by atoms with Crippen molar-refractivity contribution < 1.29 is 17.9 Å². The molecule has 0 unspecified atom stereocenters. The fourth-order valence-corrected chi connectivity index (χ4v) is 5.34. The lowest BCUT2D eigenvalue weighted by Gasteiger charge is -2.31. The summed E-state index contributed by atoms with van der Waals surface area (Å²) in [4.78, 5) is 12.6. The number of hydrogen-bond acceptors (Lipinski definition) is 4. The van der Waals surface area contributed by atoms with Gasteiger partial charge >= 0.3 is 0 Å². The second-order valence-corrected chi connectivity index (χ2v) is 10.1. The Bertz CT molecular complexity index is 997. The van der Waals surface area contributed by atoms with Gasteiger partial charge in [0, 0.05) is 19.6 Å². The predicted octanol–water partition coefficient (Wildman–Crippen LogP) is 3.86. The largest absolute Gasteiger partial charge is 0.497 e. The number of benzene rings is 2. The third kappa shape index (κ3) is 5.88. The second-order valence-electron chi connectivity index (χ2n) is 7.27. The van der Waals surface area contributed by atoms with Crippen molar-refractivity contribution in [3.8, 4) is 5.75 Å². The number of carbonyl (C=O) groups excluding carboxylic acids is 1. The molecule has 1 fully saturated rings. The lowest BCUT2D eigenvalue weighted by molar-refractivity contribution is -0.126. The van der Waals surface area contributed by atoms with Crippen molar-refractivity contribution in [3.05, 3.63) is 63.6 Å². The summed E-state index contributed by atoms with van der Waals surface area (Å²) in [6, 6.07) is 12.2. The molecule has 1 heterocycles. The van der Waals surface area contributed by atoms with Crippen LogP contribution in [-0.4, -0.2) is 38.8 Å². The Morgan fingerprint density at radius 1 is 1.13 bits per heavy atom. The third-order valence-corrected chi connectivity index (χ3v) is 7.66. The fourth-order valence-electron chi connectivity index (χ4n) is 3.42. The summed E-state index contributed by atoms with van der Waals surface area (Å²) in [7, 11) is -1.97. The van der Waals surface area contributed by atoms with Gasteiger partial charge in [0.2, 0.25) is 15.9 Å². The van der Waals surface area contributed by atoms with E-state index in [-0.39, 0.29) is 24.1 Å². The van der Waals surface area contributed by atoms with Crippen LogP contribution in [-0.2, 0) is 27.1 Å². The maximum Gasteiger partial charge on any atom is 0.224 e. The van der Waals surface area contributed by atoms with Crippen LogP contribution in [0.15, 0.2) is 42.5 Å². The fraction of sp³-hybridized carbons (Fsp3) is 0.381. The molecule has 6 nitrogen and oxygen atoms in total. The van der Waals surface area contributed by atoms with Gasteiger partial charge in [0.25, 0.3) is 0 Å². The second kappa shape index (κ2) is 10.0. The highest BCUT2D eigenvalue weighted by Crippen LogP contribution is 2.26. The number of amides is 1. The number of sulfonamides is 1. The van der Waals surface area contributed by atoms with Crippen LogP contribution in [0.1, 0.15) is 24.0 Å². The molecule has 0 aromatic heterocycles. The Morgan fingerprint density at radius 3 is 2.50 bits per heavy atom. The molecule has 0 radical (unpaired) electrons. The standard InChI is InChI=1S/C21H24Cl2N2O4S/c1-29-18-7-4-15(5-8-18)12-24-21(26)17-3-2-10-25(13-17)30(27,28)14-16-6-9-19(22)20(23)11-16/h4-9,11,17H,2-3,10,12-14H2,1H3,(H,24,26)/t17-/m1/s1. The molecule has 1 saturated heterocycles. The van der Waals surface area contributed by atoms with Gasteiger partial charge < -0.3 is 10.1 Å². The summed E-state index contributed by atoms with van der Waals surface area (Å²) in [5, 5.41) is 3.61. The number of carbonyl (C=O) groups is 1. The molecule has 0 spiro atoms. The monoisotopic (exact) mass is 470 g/mol. The van der Waals surface area contributed by atoms with Gasteiger partial charge in [-0.1, -0.05) is 41.4 Å². The molecule has 9 heteroatoms. The highest BCUT2D eigenvalue weighted by atomic mass is 35.5. The predicted molar refractivity (Wildman–Crippen MR) is 118 cm³/mol. The smallest absolute Gasteiger partial charge is 0.224 e. The van der Waals surface area contributed by atoms with Gasteiger partial charge in [0.15, 0.2) is 0 Å². The molecular formula is C21H24Cl2N2O4S. The number of nitrogens with zero attached hydrogens (tertiary/aromatic N) is 1. The Balaban J connectivity index is 1.58. The van der Waals surface area contributed by atoms with Gasteiger partial charge in [0.1, 0.15) is 5.75 Å². The zero-order valence-corrected chi connectivity index (χ0v) is 18.9. The molecule has 0 aliphatic carbocycles. The number of nitrogens with one attached hydrogen (secondary N) is 1. The van der Waals surface area contributed by atoms with Gasteiger partial charge in [-0.05, 0) is 48.2 Å². The van der Waals surface area contributed by atoms with Crippen LogP contribution in [0.2, 0.25) is 10.0 Å². The van der Waals surface area contributed by atoms with E-state index in [0.717, 1.165) is 11.3 Å². The van der Waals surface area contributed by atoms with E-state index in [1.807, 2.05) is 24.3 Å². The van der Waals surface area contributed by atoms with E-state index in [0.29, 0.717) is 41.5 Å². The molecule has 1 aliphatic rings.